The van der Waals surface area contributed by atoms with Crippen molar-refractivity contribution in [3.8, 4) is 11.5 Å². The Labute approximate surface area is 191 Å². The minimum absolute atomic E-state index is 0.0916. The topological polar surface area (TPSA) is 59.6 Å². The van der Waals surface area contributed by atoms with Gasteiger partial charge in [0.1, 0.15) is 0 Å². The van der Waals surface area contributed by atoms with E-state index in [9.17, 15) is 4.79 Å². The summed E-state index contributed by atoms with van der Waals surface area (Å²) in [5.41, 5.74) is 3.02. The number of hydrogen-bond acceptors (Lipinski definition) is 4. The molecule has 1 amide bonds. The first-order chi connectivity index (χ1) is 15.1. The third kappa shape index (κ3) is 6.84. The fourth-order valence-corrected chi connectivity index (χ4v) is 3.75. The monoisotopic (exact) mass is 482 g/mol. The van der Waals surface area contributed by atoms with E-state index in [1.807, 2.05) is 73.7 Å². The second kappa shape index (κ2) is 11.5. The smallest absolute Gasteiger partial charge is 0.262 e. The Morgan fingerprint density at radius 1 is 0.968 bits per heavy atom. The Kier molecular flexibility index (Phi) is 8.50. The third-order valence-electron chi connectivity index (χ3n) is 4.71. The molecule has 1 unspecified atom stereocenters. The van der Waals surface area contributed by atoms with Crippen LogP contribution in [0.4, 0.5) is 5.69 Å². The maximum absolute atomic E-state index is 12.2. The quantitative estimate of drug-likeness (QED) is 0.388. The summed E-state index contributed by atoms with van der Waals surface area (Å²) >= 11 is 3.61. The molecule has 0 radical (unpaired) electrons. The van der Waals surface area contributed by atoms with Crippen molar-refractivity contribution < 1.29 is 14.3 Å². The van der Waals surface area contributed by atoms with Crippen LogP contribution >= 0.6 is 15.9 Å². The maximum Gasteiger partial charge on any atom is 0.262 e. The molecule has 0 aliphatic rings. The Balaban J connectivity index is 1.59. The molecule has 3 rings (SSSR count). The molecule has 5 nitrogen and oxygen atoms in total. The molecule has 0 saturated carbocycles. The zero-order chi connectivity index (χ0) is 22.1. The molecule has 31 heavy (non-hydrogen) atoms. The lowest BCUT2D eigenvalue weighted by Crippen LogP contribution is -2.20. The van der Waals surface area contributed by atoms with Crippen LogP contribution in [-0.4, -0.2) is 19.1 Å². The van der Waals surface area contributed by atoms with Gasteiger partial charge in [0.15, 0.2) is 18.1 Å². The molecule has 3 aromatic rings. The molecule has 162 valence electrons. The van der Waals surface area contributed by atoms with Crippen LogP contribution in [0.5, 0.6) is 11.5 Å². The summed E-state index contributed by atoms with van der Waals surface area (Å²) < 4.78 is 12.6. The van der Waals surface area contributed by atoms with Gasteiger partial charge in [0.05, 0.1) is 6.61 Å². The Morgan fingerprint density at radius 3 is 2.45 bits per heavy atom. The number of ether oxygens (including phenoxy) is 2. The zero-order valence-electron chi connectivity index (χ0n) is 17.7. The minimum atomic E-state index is -0.221. The SMILES string of the molecule is CCOc1cc(CNC(C)c2ccccc2Br)ccc1OCC(=O)Nc1ccccc1. The van der Waals surface area contributed by atoms with Gasteiger partial charge in [-0.2, -0.15) is 0 Å². The highest BCUT2D eigenvalue weighted by atomic mass is 79.9. The van der Waals surface area contributed by atoms with Crippen LogP contribution in [0.25, 0.3) is 0 Å². The molecule has 0 aliphatic heterocycles. The number of carbonyl (C=O) groups is 1. The second-order valence-electron chi connectivity index (χ2n) is 7.04. The van der Waals surface area contributed by atoms with E-state index < -0.39 is 0 Å². The molecular formula is C25H27BrN2O3. The highest BCUT2D eigenvalue weighted by Crippen LogP contribution is 2.29. The Morgan fingerprint density at radius 2 is 1.71 bits per heavy atom. The third-order valence-corrected chi connectivity index (χ3v) is 5.43. The van der Waals surface area contributed by atoms with Crippen molar-refractivity contribution in [2.45, 2.75) is 26.4 Å². The summed E-state index contributed by atoms with van der Waals surface area (Å²) in [7, 11) is 0. The highest BCUT2D eigenvalue weighted by molar-refractivity contribution is 9.10. The molecule has 0 fully saturated rings. The number of hydrogen-bond donors (Lipinski definition) is 2. The highest BCUT2D eigenvalue weighted by Gasteiger charge is 2.12. The fourth-order valence-electron chi connectivity index (χ4n) is 3.12. The van der Waals surface area contributed by atoms with Crippen LogP contribution in [0.1, 0.15) is 31.0 Å². The number of halogens is 1. The van der Waals surface area contributed by atoms with Crippen LogP contribution < -0.4 is 20.1 Å². The van der Waals surface area contributed by atoms with E-state index in [1.54, 1.807) is 0 Å². The van der Waals surface area contributed by atoms with E-state index in [0.29, 0.717) is 24.7 Å². The number of rotatable bonds is 10. The van der Waals surface area contributed by atoms with Gasteiger partial charge in [-0.3, -0.25) is 4.79 Å². The molecular weight excluding hydrogens is 456 g/mol. The van der Waals surface area contributed by atoms with Crippen LogP contribution in [0.3, 0.4) is 0 Å². The molecule has 6 heteroatoms. The number of carbonyl (C=O) groups excluding carboxylic acids is 1. The first kappa shape index (κ1) is 22.8. The van der Waals surface area contributed by atoms with Gasteiger partial charge in [-0.05, 0) is 55.3 Å². The van der Waals surface area contributed by atoms with E-state index in [4.69, 9.17) is 9.47 Å². The lowest BCUT2D eigenvalue weighted by Gasteiger charge is -2.17. The van der Waals surface area contributed by atoms with Gasteiger partial charge in [0, 0.05) is 22.7 Å². The molecule has 1 atom stereocenters. The maximum atomic E-state index is 12.2. The number of benzene rings is 3. The van der Waals surface area contributed by atoms with Crippen molar-refractivity contribution >= 4 is 27.5 Å². The van der Waals surface area contributed by atoms with Crippen molar-refractivity contribution in [2.24, 2.45) is 0 Å². The van der Waals surface area contributed by atoms with E-state index >= 15 is 0 Å². The van der Waals surface area contributed by atoms with E-state index in [2.05, 4.69) is 39.6 Å². The van der Waals surface area contributed by atoms with Crippen molar-refractivity contribution in [1.82, 2.24) is 5.32 Å². The Bertz CT molecular complexity index is 995. The molecule has 0 aliphatic carbocycles. The average Bonchev–Trinajstić information content (AvgIpc) is 2.78. The lowest BCUT2D eigenvalue weighted by atomic mass is 10.1. The first-order valence-corrected chi connectivity index (χ1v) is 11.1. The Hall–Kier alpha value is -2.83. The molecule has 0 saturated heterocycles. The number of nitrogens with one attached hydrogen (secondary N) is 2. The second-order valence-corrected chi connectivity index (χ2v) is 7.90. The number of para-hydroxylation sites is 1. The van der Waals surface area contributed by atoms with E-state index in [-0.39, 0.29) is 18.6 Å². The molecule has 0 aromatic heterocycles. The summed E-state index contributed by atoms with van der Waals surface area (Å²) in [6, 6.07) is 23.5. The van der Waals surface area contributed by atoms with Gasteiger partial charge >= 0.3 is 0 Å². The van der Waals surface area contributed by atoms with Gasteiger partial charge in [-0.15, -0.1) is 0 Å². The fraction of sp³-hybridized carbons (Fsp3) is 0.240. The molecule has 0 heterocycles. The van der Waals surface area contributed by atoms with Gasteiger partial charge in [-0.25, -0.2) is 0 Å². The molecule has 0 spiro atoms. The van der Waals surface area contributed by atoms with Crippen molar-refractivity contribution in [2.75, 3.05) is 18.5 Å². The predicted octanol–water partition coefficient (Wildman–Crippen LogP) is 5.72. The van der Waals surface area contributed by atoms with Gasteiger partial charge in [0.25, 0.3) is 5.91 Å². The van der Waals surface area contributed by atoms with Crippen molar-refractivity contribution in [3.05, 3.63) is 88.4 Å². The molecule has 0 bridgehead atoms. The van der Waals surface area contributed by atoms with Crippen LogP contribution in [0, 0.1) is 0 Å². The van der Waals surface area contributed by atoms with E-state index in [0.717, 1.165) is 15.7 Å². The van der Waals surface area contributed by atoms with E-state index in [1.165, 1.54) is 5.56 Å². The predicted molar refractivity (Wildman–Crippen MR) is 128 cm³/mol. The largest absolute Gasteiger partial charge is 0.490 e. The minimum Gasteiger partial charge on any atom is -0.490 e. The van der Waals surface area contributed by atoms with Crippen LogP contribution in [0.15, 0.2) is 77.3 Å². The summed E-state index contributed by atoms with van der Waals surface area (Å²) in [5.74, 6) is 0.956. The standard InChI is InChI=1S/C25H27BrN2O3/c1-3-30-24-15-19(16-27-18(2)21-11-7-8-12-22(21)26)13-14-23(24)31-17-25(29)28-20-9-5-4-6-10-20/h4-15,18,27H,3,16-17H2,1-2H3,(H,28,29). The normalized spacial score (nSPS) is 11.6. The van der Waals surface area contributed by atoms with Gasteiger partial charge in [0.2, 0.25) is 0 Å². The summed E-state index contributed by atoms with van der Waals surface area (Å²) in [4.78, 5) is 12.2. The number of anilines is 1. The summed E-state index contributed by atoms with van der Waals surface area (Å²) in [5, 5.41) is 6.34. The van der Waals surface area contributed by atoms with Gasteiger partial charge in [-0.1, -0.05) is 58.4 Å². The zero-order valence-corrected chi connectivity index (χ0v) is 19.3. The van der Waals surface area contributed by atoms with Crippen molar-refractivity contribution in [3.63, 3.8) is 0 Å². The van der Waals surface area contributed by atoms with Crippen molar-refractivity contribution in [1.29, 1.82) is 0 Å². The summed E-state index contributed by atoms with van der Waals surface area (Å²) in [6.45, 7) is 5.15. The average molecular weight is 483 g/mol. The number of amides is 1. The molecule has 2 N–H and O–H groups in total. The lowest BCUT2D eigenvalue weighted by molar-refractivity contribution is -0.118. The molecule has 3 aromatic carbocycles. The summed E-state index contributed by atoms with van der Waals surface area (Å²) in [6.07, 6.45) is 0. The van der Waals surface area contributed by atoms with Gasteiger partial charge < -0.3 is 20.1 Å². The van der Waals surface area contributed by atoms with Crippen LogP contribution in [-0.2, 0) is 11.3 Å². The first-order valence-electron chi connectivity index (χ1n) is 10.3. The van der Waals surface area contributed by atoms with Crippen LogP contribution in [0.2, 0.25) is 0 Å².